The molecule has 0 bridgehead atoms. The van der Waals surface area contributed by atoms with E-state index >= 15 is 0 Å². The summed E-state index contributed by atoms with van der Waals surface area (Å²) in [6.07, 6.45) is 7.50. The zero-order chi connectivity index (χ0) is 11.7. The number of hydrogen-bond donors (Lipinski definition) is 0. The van der Waals surface area contributed by atoms with Gasteiger partial charge in [-0.2, -0.15) is 0 Å². The van der Waals surface area contributed by atoms with Gasteiger partial charge in [-0.1, -0.05) is 0 Å². The number of nitrogens with zero attached hydrogens (tertiary/aromatic N) is 3. The Labute approximate surface area is 98.5 Å². The van der Waals surface area contributed by atoms with Crippen molar-refractivity contribution in [2.45, 2.75) is 0 Å². The Kier molecular flexibility index (Phi) is 2.26. The predicted molar refractivity (Wildman–Crippen MR) is 65.0 cm³/mol. The van der Waals surface area contributed by atoms with Crippen LogP contribution in [0.2, 0.25) is 0 Å². The lowest BCUT2D eigenvalue weighted by Gasteiger charge is -2.06. The van der Waals surface area contributed by atoms with Gasteiger partial charge in [-0.05, 0) is 24.3 Å². The van der Waals surface area contributed by atoms with E-state index in [4.69, 9.17) is 4.74 Å². The number of rotatable bonds is 2. The van der Waals surface area contributed by atoms with Crippen LogP contribution in [0.25, 0.3) is 16.8 Å². The highest BCUT2D eigenvalue weighted by molar-refractivity contribution is 5.65. The van der Waals surface area contributed by atoms with Crippen LogP contribution in [-0.2, 0) is 0 Å². The van der Waals surface area contributed by atoms with E-state index in [0.717, 1.165) is 16.8 Å². The normalized spacial score (nSPS) is 10.6. The van der Waals surface area contributed by atoms with Crippen molar-refractivity contribution in [1.82, 2.24) is 14.4 Å². The molecule has 0 atom stereocenters. The number of aromatic nitrogens is 3. The molecule has 4 nitrogen and oxygen atoms in total. The number of methoxy groups -OCH3 is 1. The summed E-state index contributed by atoms with van der Waals surface area (Å²) in [5, 5.41) is 0. The van der Waals surface area contributed by atoms with Gasteiger partial charge in [0.2, 0.25) is 5.88 Å². The van der Waals surface area contributed by atoms with Crippen LogP contribution in [0.3, 0.4) is 0 Å². The zero-order valence-corrected chi connectivity index (χ0v) is 9.37. The van der Waals surface area contributed by atoms with Gasteiger partial charge in [0, 0.05) is 18.6 Å². The summed E-state index contributed by atoms with van der Waals surface area (Å²) in [5.41, 5.74) is 2.81. The highest BCUT2D eigenvalue weighted by Crippen LogP contribution is 2.25. The second-order valence-corrected chi connectivity index (χ2v) is 3.67. The van der Waals surface area contributed by atoms with E-state index in [1.165, 1.54) is 0 Å². The van der Waals surface area contributed by atoms with E-state index in [1.807, 2.05) is 47.3 Å². The van der Waals surface area contributed by atoms with E-state index in [-0.39, 0.29) is 0 Å². The Morgan fingerprint density at radius 1 is 1.18 bits per heavy atom. The number of pyridine rings is 1. The Bertz CT molecular complexity index is 660. The van der Waals surface area contributed by atoms with Gasteiger partial charge in [0.15, 0.2) is 0 Å². The van der Waals surface area contributed by atoms with Crippen LogP contribution < -0.4 is 4.74 Å². The molecule has 0 aliphatic carbocycles. The highest BCUT2D eigenvalue weighted by atomic mass is 16.5. The summed E-state index contributed by atoms with van der Waals surface area (Å²) >= 11 is 0. The minimum absolute atomic E-state index is 0.589. The van der Waals surface area contributed by atoms with Crippen molar-refractivity contribution >= 4 is 5.52 Å². The minimum atomic E-state index is 0.589. The van der Waals surface area contributed by atoms with Crippen molar-refractivity contribution < 1.29 is 4.74 Å². The van der Waals surface area contributed by atoms with E-state index < -0.39 is 0 Å². The molecular formula is C13H11N3O. The van der Waals surface area contributed by atoms with Crippen LogP contribution in [0, 0.1) is 0 Å². The molecule has 3 rings (SSSR count). The summed E-state index contributed by atoms with van der Waals surface area (Å²) in [6.45, 7) is 0. The minimum Gasteiger partial charge on any atom is -0.481 e. The second kappa shape index (κ2) is 3.90. The van der Waals surface area contributed by atoms with Gasteiger partial charge >= 0.3 is 0 Å². The van der Waals surface area contributed by atoms with Crippen LogP contribution in [0.15, 0.2) is 49.1 Å². The quantitative estimate of drug-likeness (QED) is 0.672. The SMILES string of the molecule is COc1ncccc1-c1cn2cccc2cn1. The maximum absolute atomic E-state index is 5.23. The van der Waals surface area contributed by atoms with Crippen molar-refractivity contribution in [3.8, 4) is 17.1 Å². The molecule has 3 aromatic rings. The maximum Gasteiger partial charge on any atom is 0.222 e. The van der Waals surface area contributed by atoms with Crippen LogP contribution in [0.1, 0.15) is 0 Å². The number of hydrogen-bond acceptors (Lipinski definition) is 3. The Morgan fingerprint density at radius 2 is 2.12 bits per heavy atom. The number of fused-ring (bicyclic) bond motifs is 1. The first kappa shape index (κ1) is 9.84. The standard InChI is InChI=1S/C13H11N3O/c1-17-13-11(5-2-6-14-13)12-9-16-7-3-4-10(16)8-15-12/h2-9H,1H3. The first-order chi connectivity index (χ1) is 8.38. The first-order valence-corrected chi connectivity index (χ1v) is 5.30. The van der Waals surface area contributed by atoms with Gasteiger partial charge in [-0.3, -0.25) is 4.98 Å². The average Bonchev–Trinajstić information content (AvgIpc) is 2.85. The molecule has 0 saturated heterocycles. The average molecular weight is 225 g/mol. The molecular weight excluding hydrogens is 214 g/mol. The summed E-state index contributed by atoms with van der Waals surface area (Å²) < 4.78 is 7.26. The molecule has 0 fully saturated rings. The van der Waals surface area contributed by atoms with Crippen LogP contribution >= 0.6 is 0 Å². The van der Waals surface area contributed by atoms with Crippen molar-refractivity contribution in [3.63, 3.8) is 0 Å². The van der Waals surface area contributed by atoms with Crippen LogP contribution in [0.5, 0.6) is 5.88 Å². The molecule has 3 aromatic heterocycles. The van der Waals surface area contributed by atoms with Crippen molar-refractivity contribution in [2.24, 2.45) is 0 Å². The van der Waals surface area contributed by atoms with Crippen molar-refractivity contribution in [2.75, 3.05) is 7.11 Å². The molecule has 4 heteroatoms. The summed E-state index contributed by atoms with van der Waals surface area (Å²) in [4.78, 5) is 8.59. The molecule has 84 valence electrons. The third kappa shape index (κ3) is 1.63. The van der Waals surface area contributed by atoms with Gasteiger partial charge in [0.25, 0.3) is 0 Å². The molecule has 0 saturated carbocycles. The van der Waals surface area contributed by atoms with E-state index in [0.29, 0.717) is 5.88 Å². The molecule has 17 heavy (non-hydrogen) atoms. The summed E-state index contributed by atoms with van der Waals surface area (Å²) in [7, 11) is 1.61. The van der Waals surface area contributed by atoms with E-state index in [9.17, 15) is 0 Å². The molecule has 0 amide bonds. The van der Waals surface area contributed by atoms with E-state index in [2.05, 4.69) is 9.97 Å². The largest absolute Gasteiger partial charge is 0.481 e. The summed E-state index contributed by atoms with van der Waals surface area (Å²) in [5.74, 6) is 0.589. The Hall–Kier alpha value is -2.36. The fourth-order valence-electron chi connectivity index (χ4n) is 1.82. The van der Waals surface area contributed by atoms with Crippen LogP contribution in [-0.4, -0.2) is 21.5 Å². The van der Waals surface area contributed by atoms with Gasteiger partial charge in [-0.15, -0.1) is 0 Å². The second-order valence-electron chi connectivity index (χ2n) is 3.67. The smallest absolute Gasteiger partial charge is 0.222 e. The molecule has 0 unspecified atom stereocenters. The molecule has 0 aromatic carbocycles. The Balaban J connectivity index is 2.19. The Morgan fingerprint density at radius 3 is 3.00 bits per heavy atom. The molecule has 0 N–H and O–H groups in total. The predicted octanol–water partition coefficient (Wildman–Crippen LogP) is 2.40. The summed E-state index contributed by atoms with van der Waals surface area (Å²) in [6, 6.07) is 7.82. The number of ether oxygens (including phenoxy) is 1. The molecule has 0 spiro atoms. The maximum atomic E-state index is 5.23. The molecule has 0 aliphatic rings. The lowest BCUT2D eigenvalue weighted by molar-refractivity contribution is 0.399. The fourth-order valence-corrected chi connectivity index (χ4v) is 1.82. The van der Waals surface area contributed by atoms with Gasteiger partial charge in [0.1, 0.15) is 0 Å². The fraction of sp³-hybridized carbons (Fsp3) is 0.0769. The van der Waals surface area contributed by atoms with Crippen LogP contribution in [0.4, 0.5) is 0 Å². The van der Waals surface area contributed by atoms with Gasteiger partial charge in [0.05, 0.1) is 30.1 Å². The van der Waals surface area contributed by atoms with Crippen molar-refractivity contribution in [1.29, 1.82) is 0 Å². The molecule has 3 heterocycles. The highest BCUT2D eigenvalue weighted by Gasteiger charge is 2.07. The lowest BCUT2D eigenvalue weighted by Crippen LogP contribution is -1.94. The van der Waals surface area contributed by atoms with E-state index in [1.54, 1.807) is 13.3 Å². The third-order valence-electron chi connectivity index (χ3n) is 2.65. The van der Waals surface area contributed by atoms with Crippen molar-refractivity contribution in [3.05, 3.63) is 49.1 Å². The monoisotopic (exact) mass is 225 g/mol. The zero-order valence-electron chi connectivity index (χ0n) is 9.37. The molecule has 0 aliphatic heterocycles. The van der Waals surface area contributed by atoms with Gasteiger partial charge < -0.3 is 9.14 Å². The van der Waals surface area contributed by atoms with Gasteiger partial charge in [-0.25, -0.2) is 4.98 Å². The first-order valence-electron chi connectivity index (χ1n) is 5.30. The molecule has 0 radical (unpaired) electrons. The lowest BCUT2D eigenvalue weighted by atomic mass is 10.2. The third-order valence-corrected chi connectivity index (χ3v) is 2.65. The topological polar surface area (TPSA) is 39.4 Å².